The van der Waals surface area contributed by atoms with Crippen molar-refractivity contribution in [2.45, 2.75) is 32.7 Å². The molecule has 0 saturated carbocycles. The van der Waals surface area contributed by atoms with Gasteiger partial charge in [0.25, 0.3) is 0 Å². The first-order chi connectivity index (χ1) is 18.1. The van der Waals surface area contributed by atoms with E-state index >= 15 is 0 Å². The van der Waals surface area contributed by atoms with Crippen LogP contribution in [0.1, 0.15) is 32.3 Å². The Hall–Kier alpha value is -4.23. The Labute approximate surface area is 222 Å². The molecule has 0 spiro atoms. The Morgan fingerprint density at radius 1 is 1.03 bits per heavy atom. The van der Waals surface area contributed by atoms with Crippen LogP contribution in [0.2, 0.25) is 0 Å². The highest BCUT2D eigenvalue weighted by molar-refractivity contribution is 5.87. The van der Waals surface area contributed by atoms with Crippen LogP contribution in [0.5, 0.6) is 0 Å². The summed E-state index contributed by atoms with van der Waals surface area (Å²) in [7, 11) is 1.88. The smallest absolute Gasteiger partial charge is 0.239 e. The number of hydrogen-bond acceptors (Lipinski definition) is 7. The van der Waals surface area contributed by atoms with Gasteiger partial charge >= 0.3 is 0 Å². The van der Waals surface area contributed by atoms with Crippen LogP contribution in [-0.4, -0.2) is 74.0 Å². The highest BCUT2D eigenvalue weighted by atomic mass is 16.2. The van der Waals surface area contributed by atoms with Gasteiger partial charge in [-0.1, -0.05) is 13.8 Å². The Morgan fingerprint density at radius 3 is 2.53 bits per heavy atom. The van der Waals surface area contributed by atoms with Crippen molar-refractivity contribution >= 4 is 17.2 Å². The molecule has 2 fully saturated rings. The molecular formula is C28H33N9O. The number of piperidine rings is 1. The number of hydrogen-bond donors (Lipinski definition) is 1. The van der Waals surface area contributed by atoms with Crippen molar-refractivity contribution in [1.82, 2.24) is 34.6 Å². The molecule has 10 heteroatoms. The number of pyridine rings is 2. The average molecular weight is 512 g/mol. The maximum Gasteiger partial charge on any atom is 0.239 e. The fourth-order valence-corrected chi connectivity index (χ4v) is 5.32. The molecule has 4 aromatic heterocycles. The van der Waals surface area contributed by atoms with Gasteiger partial charge in [-0.25, -0.2) is 9.50 Å². The molecule has 10 nitrogen and oxygen atoms in total. The van der Waals surface area contributed by atoms with Gasteiger partial charge in [-0.3, -0.25) is 9.48 Å². The topological polar surface area (TPSA) is 107 Å². The lowest BCUT2D eigenvalue weighted by atomic mass is 10.0. The molecule has 0 aliphatic carbocycles. The first kappa shape index (κ1) is 25.4. The number of aryl methyl sites for hydroxylation is 1. The Bertz CT molecular complexity index is 1470. The lowest BCUT2D eigenvalue weighted by Crippen LogP contribution is -2.55. The maximum absolute atomic E-state index is 12.9. The number of nitriles is 1. The van der Waals surface area contributed by atoms with Crippen molar-refractivity contribution in [2.24, 2.45) is 7.05 Å². The second kappa shape index (κ2) is 10.6. The second-order valence-corrected chi connectivity index (χ2v) is 9.73. The zero-order valence-corrected chi connectivity index (χ0v) is 20.8. The van der Waals surface area contributed by atoms with E-state index < -0.39 is 0 Å². The Kier molecular flexibility index (Phi) is 7.11. The highest BCUT2D eigenvalue weighted by Gasteiger charge is 2.28. The van der Waals surface area contributed by atoms with Crippen LogP contribution in [0.4, 0.5) is 5.82 Å². The van der Waals surface area contributed by atoms with Gasteiger partial charge in [0, 0.05) is 74.1 Å². The maximum atomic E-state index is 12.9. The lowest BCUT2D eigenvalue weighted by molar-refractivity contribution is -0.134. The van der Waals surface area contributed by atoms with Gasteiger partial charge in [0.15, 0.2) is 0 Å². The predicted molar refractivity (Wildman–Crippen MR) is 147 cm³/mol. The van der Waals surface area contributed by atoms with E-state index in [1.54, 1.807) is 15.4 Å². The van der Waals surface area contributed by atoms with E-state index in [1.807, 2.05) is 48.9 Å². The molecule has 4 aromatic rings. The van der Waals surface area contributed by atoms with Gasteiger partial charge in [0.1, 0.15) is 11.9 Å². The molecule has 6 heterocycles. The Morgan fingerprint density at radius 2 is 1.87 bits per heavy atom. The number of aromatic nitrogens is 5. The van der Waals surface area contributed by atoms with Crippen LogP contribution in [0.3, 0.4) is 0 Å². The van der Waals surface area contributed by atoms with E-state index in [-0.39, 0.29) is 19.4 Å². The third kappa shape index (κ3) is 4.73. The molecule has 0 bridgehead atoms. The number of piperazine rings is 1. The molecule has 1 atom stereocenters. The summed E-state index contributed by atoms with van der Waals surface area (Å²) in [4.78, 5) is 21.8. The molecule has 2 aliphatic rings. The quantitative estimate of drug-likeness (QED) is 0.449. The zero-order valence-electron chi connectivity index (χ0n) is 20.8. The standard InChI is InChI=1S/C27H29N9O.CH4/c1-33-17-22(16-31-33)20-12-23(26-21(13-28)15-32-36(26)18-20)19-5-6-25(30-14-19)34-8-10-35(11-9-34)27(37)24-4-2-3-7-29-24;/h5-6,12,14-18,24,29H,2-4,7-11H2,1H3;1H4. The molecule has 1 amide bonds. The summed E-state index contributed by atoms with van der Waals surface area (Å²) >= 11 is 0. The van der Waals surface area contributed by atoms with Gasteiger partial charge in [-0.05, 0) is 37.6 Å². The molecule has 0 aromatic carbocycles. The number of rotatable bonds is 4. The van der Waals surface area contributed by atoms with E-state index in [9.17, 15) is 10.1 Å². The summed E-state index contributed by atoms with van der Waals surface area (Å²) in [6, 6.07) is 8.36. The fourth-order valence-electron chi connectivity index (χ4n) is 5.32. The number of carbonyl (C=O) groups is 1. The molecule has 1 unspecified atom stereocenters. The van der Waals surface area contributed by atoms with E-state index in [0.717, 1.165) is 72.5 Å². The summed E-state index contributed by atoms with van der Waals surface area (Å²) in [5, 5.41) is 21.7. The first-order valence-electron chi connectivity index (χ1n) is 12.7. The van der Waals surface area contributed by atoms with Crippen molar-refractivity contribution in [1.29, 1.82) is 5.26 Å². The molecule has 2 aliphatic heterocycles. The van der Waals surface area contributed by atoms with Crippen LogP contribution in [0, 0.1) is 11.3 Å². The van der Waals surface area contributed by atoms with Crippen molar-refractivity contribution in [3.63, 3.8) is 0 Å². The largest absolute Gasteiger partial charge is 0.353 e. The minimum absolute atomic E-state index is 0. The van der Waals surface area contributed by atoms with Crippen molar-refractivity contribution in [2.75, 3.05) is 37.6 Å². The highest BCUT2D eigenvalue weighted by Crippen LogP contribution is 2.32. The van der Waals surface area contributed by atoms with Crippen LogP contribution in [0.25, 0.3) is 27.8 Å². The van der Waals surface area contributed by atoms with E-state index in [1.165, 1.54) is 0 Å². The van der Waals surface area contributed by atoms with Gasteiger partial charge in [-0.15, -0.1) is 0 Å². The molecule has 6 rings (SSSR count). The van der Waals surface area contributed by atoms with Crippen molar-refractivity contribution in [3.8, 4) is 28.3 Å². The Balaban J connectivity index is 0.00000294. The van der Waals surface area contributed by atoms with Crippen LogP contribution < -0.4 is 10.2 Å². The van der Waals surface area contributed by atoms with Gasteiger partial charge in [0.05, 0.1) is 29.5 Å². The van der Waals surface area contributed by atoms with Gasteiger partial charge < -0.3 is 15.1 Å². The number of amides is 1. The summed E-state index contributed by atoms with van der Waals surface area (Å²) in [6.45, 7) is 3.85. The van der Waals surface area contributed by atoms with Crippen molar-refractivity contribution in [3.05, 3.63) is 54.7 Å². The summed E-state index contributed by atoms with van der Waals surface area (Å²) < 4.78 is 3.51. The first-order valence-corrected chi connectivity index (χ1v) is 12.7. The van der Waals surface area contributed by atoms with E-state index in [4.69, 9.17) is 4.98 Å². The minimum Gasteiger partial charge on any atom is -0.353 e. The molecule has 38 heavy (non-hydrogen) atoms. The number of nitrogens with zero attached hydrogens (tertiary/aromatic N) is 8. The summed E-state index contributed by atoms with van der Waals surface area (Å²) in [6.07, 6.45) is 12.3. The molecule has 2 saturated heterocycles. The third-order valence-electron chi connectivity index (χ3n) is 7.35. The SMILES string of the molecule is C.Cn1cc(-c2cc(-c3ccc(N4CCN(C(=O)C5CCCCN5)CC4)nc3)c3c(C#N)cnn3c2)cn1. The number of nitrogens with one attached hydrogen (secondary N) is 1. The van der Waals surface area contributed by atoms with E-state index in [0.29, 0.717) is 18.7 Å². The average Bonchev–Trinajstić information content (AvgIpc) is 3.59. The zero-order chi connectivity index (χ0) is 25.4. The molecule has 196 valence electrons. The molecule has 1 N–H and O–H groups in total. The van der Waals surface area contributed by atoms with Gasteiger partial charge in [-0.2, -0.15) is 15.5 Å². The molecular weight excluding hydrogens is 478 g/mol. The number of anilines is 1. The van der Waals surface area contributed by atoms with Crippen molar-refractivity contribution < 1.29 is 4.79 Å². The monoisotopic (exact) mass is 511 g/mol. The summed E-state index contributed by atoms with van der Waals surface area (Å²) in [5.41, 5.74) is 5.01. The normalized spacial score (nSPS) is 17.7. The fraction of sp³-hybridized carbons (Fsp3) is 0.393. The second-order valence-electron chi connectivity index (χ2n) is 9.73. The van der Waals surface area contributed by atoms with Gasteiger partial charge in [0.2, 0.25) is 5.91 Å². The van der Waals surface area contributed by atoms with Crippen LogP contribution in [-0.2, 0) is 11.8 Å². The summed E-state index contributed by atoms with van der Waals surface area (Å²) in [5.74, 6) is 1.12. The predicted octanol–water partition coefficient (Wildman–Crippen LogP) is 3.10. The third-order valence-corrected chi connectivity index (χ3v) is 7.35. The van der Waals surface area contributed by atoms with Crippen LogP contribution >= 0.6 is 0 Å². The number of carbonyl (C=O) groups excluding carboxylic acids is 1. The lowest BCUT2D eigenvalue weighted by Gasteiger charge is -2.37. The number of fused-ring (bicyclic) bond motifs is 1. The van der Waals surface area contributed by atoms with E-state index in [2.05, 4.69) is 32.5 Å². The molecule has 0 radical (unpaired) electrons. The minimum atomic E-state index is -0.0289. The van der Waals surface area contributed by atoms with Crippen LogP contribution in [0.15, 0.2) is 49.2 Å².